The van der Waals surface area contributed by atoms with E-state index in [1.165, 1.54) is 0 Å². The molecule has 4 nitrogen and oxygen atoms in total. The van der Waals surface area contributed by atoms with Crippen molar-refractivity contribution in [2.24, 2.45) is 0 Å². The third kappa shape index (κ3) is 3.56. The average molecular weight is 246 g/mol. The number of anilines is 1. The van der Waals surface area contributed by atoms with Crippen LogP contribution >= 0.6 is 11.6 Å². The molecule has 1 aromatic carbocycles. The normalized spacial score (nSPS) is 12.2. The second-order valence-electron chi connectivity index (χ2n) is 3.27. The van der Waals surface area contributed by atoms with Gasteiger partial charge in [-0.15, -0.1) is 0 Å². The highest BCUT2D eigenvalue weighted by molar-refractivity contribution is 6.32. The summed E-state index contributed by atoms with van der Waals surface area (Å²) in [6.45, 7) is 2.35. The summed E-state index contributed by atoms with van der Waals surface area (Å²) in [4.78, 5) is 0. The first-order valence-electron chi connectivity index (χ1n) is 5.13. The Labute approximate surface area is 99.8 Å². The van der Waals surface area contributed by atoms with Crippen LogP contribution in [0.4, 0.5) is 5.69 Å². The summed E-state index contributed by atoms with van der Waals surface area (Å²) in [5.74, 6) is 0.566. The molecule has 90 valence electrons. The van der Waals surface area contributed by atoms with E-state index in [0.717, 1.165) is 0 Å². The molecular weight excluding hydrogens is 230 g/mol. The summed E-state index contributed by atoms with van der Waals surface area (Å²) in [6.07, 6.45) is -0.798. The molecule has 1 aromatic rings. The molecule has 0 fully saturated rings. The molecule has 5 heteroatoms. The number of halogens is 1. The second-order valence-corrected chi connectivity index (χ2v) is 3.67. The molecule has 1 rings (SSSR count). The fraction of sp³-hybridized carbons (Fsp3) is 0.455. The van der Waals surface area contributed by atoms with Gasteiger partial charge in [0.1, 0.15) is 0 Å². The van der Waals surface area contributed by atoms with Crippen LogP contribution in [0.1, 0.15) is 6.92 Å². The van der Waals surface area contributed by atoms with E-state index in [-0.39, 0.29) is 13.2 Å². The van der Waals surface area contributed by atoms with Gasteiger partial charge in [0.25, 0.3) is 0 Å². The number of benzene rings is 1. The van der Waals surface area contributed by atoms with Gasteiger partial charge in [-0.3, -0.25) is 0 Å². The standard InChI is InChI=1S/C11H16ClNO3/c1-2-16-11-9(12)4-3-5-10(11)13-6-8(15)7-14/h3-5,8,13-15H,2,6-7H2,1H3. The lowest BCUT2D eigenvalue weighted by atomic mass is 10.2. The molecule has 0 radical (unpaired) electrons. The lowest BCUT2D eigenvalue weighted by Gasteiger charge is -2.15. The second kappa shape index (κ2) is 6.58. The Morgan fingerprint density at radius 3 is 2.88 bits per heavy atom. The Bertz CT molecular complexity index is 333. The highest BCUT2D eigenvalue weighted by atomic mass is 35.5. The van der Waals surface area contributed by atoms with Gasteiger partial charge in [0.05, 0.1) is 30.0 Å². The molecule has 0 saturated carbocycles. The summed E-state index contributed by atoms with van der Waals surface area (Å²) in [5.41, 5.74) is 0.710. The van der Waals surface area contributed by atoms with Crippen molar-refractivity contribution in [3.05, 3.63) is 23.2 Å². The van der Waals surface area contributed by atoms with Gasteiger partial charge in [0.15, 0.2) is 5.75 Å². The van der Waals surface area contributed by atoms with Crippen molar-refractivity contribution in [2.75, 3.05) is 25.1 Å². The maximum atomic E-state index is 9.22. The third-order valence-corrected chi connectivity index (χ3v) is 2.29. The summed E-state index contributed by atoms with van der Waals surface area (Å²) in [5, 5.41) is 21.4. The molecule has 1 unspecified atom stereocenters. The number of ether oxygens (including phenoxy) is 1. The molecule has 0 heterocycles. The largest absolute Gasteiger partial charge is 0.490 e. The fourth-order valence-corrected chi connectivity index (χ4v) is 1.46. The van der Waals surface area contributed by atoms with Gasteiger partial charge in [0, 0.05) is 6.54 Å². The lowest BCUT2D eigenvalue weighted by molar-refractivity contribution is 0.105. The van der Waals surface area contributed by atoms with Crippen molar-refractivity contribution >= 4 is 17.3 Å². The Morgan fingerprint density at radius 1 is 1.50 bits per heavy atom. The molecule has 0 saturated heterocycles. The number of rotatable bonds is 6. The van der Waals surface area contributed by atoms with Crippen LogP contribution in [0.2, 0.25) is 5.02 Å². The summed E-state index contributed by atoms with van der Waals surface area (Å²) < 4.78 is 5.40. The summed E-state index contributed by atoms with van der Waals surface area (Å²) in [7, 11) is 0. The topological polar surface area (TPSA) is 61.7 Å². The molecule has 0 aliphatic rings. The predicted octanol–water partition coefficient (Wildman–Crippen LogP) is 1.50. The van der Waals surface area contributed by atoms with Crippen LogP contribution in [0.3, 0.4) is 0 Å². The third-order valence-electron chi connectivity index (χ3n) is 1.99. The van der Waals surface area contributed by atoms with Crippen LogP contribution in [-0.2, 0) is 0 Å². The van der Waals surface area contributed by atoms with Gasteiger partial charge in [-0.2, -0.15) is 0 Å². The highest BCUT2D eigenvalue weighted by Crippen LogP contribution is 2.32. The van der Waals surface area contributed by atoms with E-state index in [9.17, 15) is 5.11 Å². The Balaban J connectivity index is 2.74. The molecule has 0 aliphatic heterocycles. The van der Waals surface area contributed by atoms with Crippen molar-refractivity contribution < 1.29 is 14.9 Å². The summed E-state index contributed by atoms with van der Waals surface area (Å²) in [6, 6.07) is 5.33. The van der Waals surface area contributed by atoms with E-state index < -0.39 is 6.10 Å². The van der Waals surface area contributed by atoms with Crippen LogP contribution in [0.25, 0.3) is 0 Å². The monoisotopic (exact) mass is 245 g/mol. The van der Waals surface area contributed by atoms with E-state index in [1.807, 2.05) is 6.92 Å². The van der Waals surface area contributed by atoms with Gasteiger partial charge in [-0.05, 0) is 19.1 Å². The van der Waals surface area contributed by atoms with E-state index in [2.05, 4.69) is 5.32 Å². The van der Waals surface area contributed by atoms with Crippen LogP contribution in [-0.4, -0.2) is 36.1 Å². The minimum atomic E-state index is -0.798. The van der Waals surface area contributed by atoms with Crippen molar-refractivity contribution in [1.82, 2.24) is 0 Å². The number of aliphatic hydroxyl groups excluding tert-OH is 2. The van der Waals surface area contributed by atoms with Crippen LogP contribution in [0.5, 0.6) is 5.75 Å². The fourth-order valence-electron chi connectivity index (χ4n) is 1.23. The molecule has 0 spiro atoms. The van der Waals surface area contributed by atoms with Gasteiger partial charge >= 0.3 is 0 Å². The Kier molecular flexibility index (Phi) is 5.38. The van der Waals surface area contributed by atoms with Gasteiger partial charge < -0.3 is 20.3 Å². The van der Waals surface area contributed by atoms with Crippen molar-refractivity contribution in [3.8, 4) is 5.75 Å². The van der Waals surface area contributed by atoms with E-state index >= 15 is 0 Å². The van der Waals surface area contributed by atoms with Crippen molar-refractivity contribution in [3.63, 3.8) is 0 Å². The molecular formula is C11H16ClNO3. The minimum absolute atomic E-state index is 0.247. The van der Waals surface area contributed by atoms with Gasteiger partial charge in [0.2, 0.25) is 0 Å². The van der Waals surface area contributed by atoms with Gasteiger partial charge in [-0.25, -0.2) is 0 Å². The van der Waals surface area contributed by atoms with Crippen LogP contribution in [0, 0.1) is 0 Å². The predicted molar refractivity (Wildman–Crippen MR) is 64.2 cm³/mol. The maximum Gasteiger partial charge on any atom is 0.160 e. The molecule has 0 aromatic heterocycles. The first kappa shape index (κ1) is 13.1. The van der Waals surface area contributed by atoms with Crippen LogP contribution < -0.4 is 10.1 Å². The van der Waals surface area contributed by atoms with Crippen molar-refractivity contribution in [1.29, 1.82) is 0 Å². The average Bonchev–Trinajstić information content (AvgIpc) is 2.29. The van der Waals surface area contributed by atoms with E-state index in [4.69, 9.17) is 21.4 Å². The number of hydrogen-bond acceptors (Lipinski definition) is 4. The zero-order valence-corrected chi connectivity index (χ0v) is 9.87. The number of hydrogen-bond donors (Lipinski definition) is 3. The zero-order valence-electron chi connectivity index (χ0n) is 9.11. The highest BCUT2D eigenvalue weighted by Gasteiger charge is 2.09. The summed E-state index contributed by atoms with van der Waals surface area (Å²) >= 11 is 5.98. The molecule has 0 bridgehead atoms. The molecule has 16 heavy (non-hydrogen) atoms. The quantitative estimate of drug-likeness (QED) is 0.711. The lowest BCUT2D eigenvalue weighted by Crippen LogP contribution is -2.23. The molecule has 0 aliphatic carbocycles. The number of aliphatic hydroxyl groups is 2. The molecule has 1 atom stereocenters. The molecule has 0 amide bonds. The van der Waals surface area contributed by atoms with E-state index in [0.29, 0.717) is 23.1 Å². The first-order valence-corrected chi connectivity index (χ1v) is 5.51. The van der Waals surface area contributed by atoms with Gasteiger partial charge in [-0.1, -0.05) is 17.7 Å². The van der Waals surface area contributed by atoms with E-state index in [1.54, 1.807) is 18.2 Å². The zero-order chi connectivity index (χ0) is 12.0. The maximum absolute atomic E-state index is 9.22. The van der Waals surface area contributed by atoms with Crippen molar-refractivity contribution in [2.45, 2.75) is 13.0 Å². The SMILES string of the molecule is CCOc1c(Cl)cccc1NCC(O)CO. The minimum Gasteiger partial charge on any atom is -0.490 e. The smallest absolute Gasteiger partial charge is 0.160 e. The van der Waals surface area contributed by atoms with Crippen LogP contribution in [0.15, 0.2) is 18.2 Å². The Morgan fingerprint density at radius 2 is 2.25 bits per heavy atom. The number of nitrogens with one attached hydrogen (secondary N) is 1. The number of para-hydroxylation sites is 1. The Hall–Kier alpha value is -0.970. The molecule has 3 N–H and O–H groups in total. The first-order chi connectivity index (χ1) is 7.69.